The van der Waals surface area contributed by atoms with Gasteiger partial charge in [0.25, 0.3) is 0 Å². The maximum Gasteiger partial charge on any atom is 0.248 e. The van der Waals surface area contributed by atoms with Gasteiger partial charge >= 0.3 is 0 Å². The number of carbonyl (C=O) groups is 2. The summed E-state index contributed by atoms with van der Waals surface area (Å²) in [7, 11) is 3.15. The Hall–Kier alpha value is -1.95. The summed E-state index contributed by atoms with van der Waals surface area (Å²) in [5, 5.41) is 2.67. The number of amides is 2. The minimum atomic E-state index is -0.870. The predicted molar refractivity (Wildman–Crippen MR) is 82.2 cm³/mol. The van der Waals surface area contributed by atoms with Crippen LogP contribution >= 0.6 is 0 Å². The number of methoxy groups -OCH3 is 1. The van der Waals surface area contributed by atoms with Crippen LogP contribution in [0.5, 0.6) is 0 Å². The summed E-state index contributed by atoms with van der Waals surface area (Å²) in [6.07, 6.45) is 4.09. The highest BCUT2D eigenvalue weighted by atomic mass is 16.5. The van der Waals surface area contributed by atoms with Crippen molar-refractivity contribution in [3.8, 4) is 0 Å². The van der Waals surface area contributed by atoms with E-state index in [1.807, 2.05) is 18.2 Å². The first-order valence-electron chi connectivity index (χ1n) is 7.55. The highest BCUT2D eigenvalue weighted by molar-refractivity contribution is 5.92. The number of nitrogens with one attached hydrogen (secondary N) is 1. The summed E-state index contributed by atoms with van der Waals surface area (Å²) in [6, 6.07) is 5.65. The van der Waals surface area contributed by atoms with E-state index >= 15 is 0 Å². The molecule has 1 saturated heterocycles. The van der Waals surface area contributed by atoms with Crippen molar-refractivity contribution in [2.75, 3.05) is 27.3 Å². The molecule has 1 aromatic heterocycles. The number of hydrogen-bond donors (Lipinski definition) is 1. The van der Waals surface area contributed by atoms with Crippen LogP contribution in [0.4, 0.5) is 0 Å². The van der Waals surface area contributed by atoms with E-state index in [9.17, 15) is 9.59 Å². The molecule has 2 heterocycles. The molecule has 120 valence electrons. The van der Waals surface area contributed by atoms with E-state index < -0.39 is 5.54 Å². The average Bonchev–Trinajstić information content (AvgIpc) is 2.98. The SMILES string of the molecule is CNC(=O)C1(COC)CCCN1C(=O)CCc1ccccn1. The van der Waals surface area contributed by atoms with Crippen LogP contribution in [-0.4, -0.2) is 54.5 Å². The Morgan fingerprint density at radius 1 is 1.45 bits per heavy atom. The highest BCUT2D eigenvalue weighted by Gasteiger charge is 2.49. The van der Waals surface area contributed by atoms with Crippen LogP contribution < -0.4 is 5.32 Å². The zero-order chi connectivity index (χ0) is 16.0. The minimum Gasteiger partial charge on any atom is -0.382 e. The number of nitrogens with zero attached hydrogens (tertiary/aromatic N) is 2. The first kappa shape index (κ1) is 16.4. The molecular formula is C16H23N3O3. The molecule has 22 heavy (non-hydrogen) atoms. The molecule has 1 N–H and O–H groups in total. The number of carbonyl (C=O) groups excluding carboxylic acids is 2. The first-order chi connectivity index (χ1) is 10.6. The third-order valence-electron chi connectivity index (χ3n) is 4.14. The topological polar surface area (TPSA) is 71.5 Å². The molecule has 0 aromatic carbocycles. The smallest absolute Gasteiger partial charge is 0.248 e. The predicted octanol–water partition coefficient (Wildman–Crippen LogP) is 0.768. The summed E-state index contributed by atoms with van der Waals surface area (Å²) in [5.74, 6) is -0.179. The first-order valence-corrected chi connectivity index (χ1v) is 7.55. The van der Waals surface area contributed by atoms with Crippen LogP contribution in [0, 0.1) is 0 Å². The lowest BCUT2D eigenvalue weighted by molar-refractivity contribution is -0.148. The lowest BCUT2D eigenvalue weighted by atomic mass is 9.95. The molecule has 0 radical (unpaired) electrons. The lowest BCUT2D eigenvalue weighted by Crippen LogP contribution is -2.59. The van der Waals surface area contributed by atoms with Gasteiger partial charge in [-0.05, 0) is 31.4 Å². The average molecular weight is 305 g/mol. The minimum absolute atomic E-state index is 0.0243. The van der Waals surface area contributed by atoms with Gasteiger partial charge in [0.15, 0.2) is 0 Å². The maximum atomic E-state index is 12.6. The molecule has 0 saturated carbocycles. The number of pyridine rings is 1. The fourth-order valence-electron chi connectivity index (χ4n) is 3.08. The van der Waals surface area contributed by atoms with E-state index in [0.29, 0.717) is 25.8 Å². The molecular weight excluding hydrogens is 282 g/mol. The normalized spacial score (nSPS) is 20.9. The standard InChI is InChI=1S/C16H23N3O3/c1-17-15(21)16(12-22-2)9-5-11-19(16)14(20)8-7-13-6-3-4-10-18-13/h3-4,6,10H,5,7-9,11-12H2,1-2H3,(H,17,21). The molecule has 0 bridgehead atoms. The Morgan fingerprint density at radius 3 is 2.91 bits per heavy atom. The van der Waals surface area contributed by atoms with Crippen LogP contribution in [-0.2, 0) is 20.7 Å². The van der Waals surface area contributed by atoms with Gasteiger partial charge in [-0.3, -0.25) is 14.6 Å². The largest absolute Gasteiger partial charge is 0.382 e. The molecule has 0 aliphatic carbocycles. The van der Waals surface area contributed by atoms with Crippen LogP contribution in [0.2, 0.25) is 0 Å². The third kappa shape index (κ3) is 3.27. The Labute approximate surface area is 130 Å². The number of rotatable bonds is 6. The Balaban J connectivity index is 2.07. The molecule has 1 unspecified atom stereocenters. The molecule has 1 aliphatic rings. The van der Waals surface area contributed by atoms with Crippen LogP contribution in [0.25, 0.3) is 0 Å². The summed E-state index contributed by atoms with van der Waals surface area (Å²) >= 11 is 0. The fourth-order valence-corrected chi connectivity index (χ4v) is 3.08. The van der Waals surface area contributed by atoms with Crippen molar-refractivity contribution in [1.29, 1.82) is 0 Å². The van der Waals surface area contributed by atoms with Crippen molar-refractivity contribution in [3.63, 3.8) is 0 Å². The Morgan fingerprint density at radius 2 is 2.27 bits per heavy atom. The zero-order valence-electron chi connectivity index (χ0n) is 13.2. The van der Waals surface area contributed by atoms with E-state index in [1.54, 1.807) is 25.3 Å². The molecule has 1 aromatic rings. The molecule has 2 rings (SSSR count). The Bertz CT molecular complexity index is 521. The second kappa shape index (κ2) is 7.35. The van der Waals surface area contributed by atoms with Gasteiger partial charge in [0.2, 0.25) is 11.8 Å². The van der Waals surface area contributed by atoms with E-state index in [1.165, 1.54) is 0 Å². The van der Waals surface area contributed by atoms with Crippen LogP contribution in [0.3, 0.4) is 0 Å². The molecule has 0 spiro atoms. The van der Waals surface area contributed by atoms with Gasteiger partial charge in [-0.1, -0.05) is 6.07 Å². The van der Waals surface area contributed by atoms with Gasteiger partial charge in [-0.15, -0.1) is 0 Å². The molecule has 1 aliphatic heterocycles. The van der Waals surface area contributed by atoms with Gasteiger partial charge < -0.3 is 15.0 Å². The van der Waals surface area contributed by atoms with Crippen molar-refractivity contribution in [2.24, 2.45) is 0 Å². The van der Waals surface area contributed by atoms with Crippen molar-refractivity contribution >= 4 is 11.8 Å². The van der Waals surface area contributed by atoms with Gasteiger partial charge in [0.1, 0.15) is 5.54 Å². The molecule has 6 nitrogen and oxygen atoms in total. The molecule has 2 amide bonds. The van der Waals surface area contributed by atoms with Crippen molar-refractivity contribution in [2.45, 2.75) is 31.2 Å². The highest BCUT2D eigenvalue weighted by Crippen LogP contribution is 2.31. The molecule has 6 heteroatoms. The quantitative estimate of drug-likeness (QED) is 0.842. The monoisotopic (exact) mass is 305 g/mol. The fraction of sp³-hybridized carbons (Fsp3) is 0.562. The van der Waals surface area contributed by atoms with Gasteiger partial charge in [-0.2, -0.15) is 0 Å². The zero-order valence-corrected chi connectivity index (χ0v) is 13.2. The summed E-state index contributed by atoms with van der Waals surface area (Å²) < 4.78 is 5.23. The molecule has 1 fully saturated rings. The number of aromatic nitrogens is 1. The Kier molecular flexibility index (Phi) is 5.49. The summed E-state index contributed by atoms with van der Waals surface area (Å²) in [4.78, 5) is 30.8. The van der Waals surface area contributed by atoms with Gasteiger partial charge in [0, 0.05) is 39.0 Å². The van der Waals surface area contributed by atoms with E-state index in [-0.39, 0.29) is 18.4 Å². The number of ether oxygens (including phenoxy) is 1. The van der Waals surface area contributed by atoms with Crippen LogP contribution in [0.15, 0.2) is 24.4 Å². The second-order valence-electron chi connectivity index (χ2n) is 5.51. The van der Waals surface area contributed by atoms with Gasteiger partial charge in [-0.25, -0.2) is 0 Å². The van der Waals surface area contributed by atoms with Crippen molar-refractivity contribution in [1.82, 2.24) is 15.2 Å². The lowest BCUT2D eigenvalue weighted by Gasteiger charge is -2.36. The van der Waals surface area contributed by atoms with Crippen molar-refractivity contribution in [3.05, 3.63) is 30.1 Å². The van der Waals surface area contributed by atoms with E-state index in [0.717, 1.165) is 12.1 Å². The number of aryl methyl sites for hydroxylation is 1. The third-order valence-corrected chi connectivity index (χ3v) is 4.14. The number of hydrogen-bond acceptors (Lipinski definition) is 4. The maximum absolute atomic E-state index is 12.6. The number of likely N-dealkylation sites (N-methyl/N-ethyl adjacent to an activating group) is 1. The van der Waals surface area contributed by atoms with E-state index in [4.69, 9.17) is 4.74 Å². The second-order valence-corrected chi connectivity index (χ2v) is 5.51. The summed E-state index contributed by atoms with van der Waals surface area (Å²) in [5.41, 5.74) is 0.0115. The summed E-state index contributed by atoms with van der Waals surface area (Å²) in [6.45, 7) is 0.819. The van der Waals surface area contributed by atoms with Crippen LogP contribution in [0.1, 0.15) is 25.0 Å². The van der Waals surface area contributed by atoms with Gasteiger partial charge in [0.05, 0.1) is 6.61 Å². The van der Waals surface area contributed by atoms with E-state index in [2.05, 4.69) is 10.3 Å². The molecule has 1 atom stereocenters. The van der Waals surface area contributed by atoms with Crippen molar-refractivity contribution < 1.29 is 14.3 Å². The number of likely N-dealkylation sites (tertiary alicyclic amines) is 1.